The van der Waals surface area contributed by atoms with Crippen molar-refractivity contribution >= 4 is 11.6 Å². The van der Waals surface area contributed by atoms with Crippen LogP contribution in [0.4, 0.5) is 10.1 Å². The Balaban J connectivity index is 1.30. The molecule has 148 valence electrons. The second-order valence-electron chi connectivity index (χ2n) is 7.80. The van der Waals surface area contributed by atoms with Crippen molar-refractivity contribution in [2.24, 2.45) is 0 Å². The quantitative estimate of drug-likeness (QED) is 0.814. The molecule has 4 nitrogen and oxygen atoms in total. The maximum atomic E-state index is 13.1. The molecule has 28 heavy (non-hydrogen) atoms. The Kier molecular flexibility index (Phi) is 5.91. The first-order valence-corrected chi connectivity index (χ1v) is 10.3. The Hall–Kier alpha value is -2.40. The Morgan fingerprint density at radius 1 is 0.929 bits per heavy atom. The fraction of sp³-hybridized carbons (Fsp3) is 0.435. The average molecular weight is 381 g/mol. The molecule has 0 saturated carbocycles. The van der Waals surface area contributed by atoms with Crippen LogP contribution >= 0.6 is 0 Å². The van der Waals surface area contributed by atoms with Gasteiger partial charge in [0.25, 0.3) is 0 Å². The second kappa shape index (κ2) is 8.74. The predicted octanol–water partition coefficient (Wildman–Crippen LogP) is 3.18. The van der Waals surface area contributed by atoms with Crippen molar-refractivity contribution in [3.05, 3.63) is 66.0 Å². The summed E-state index contributed by atoms with van der Waals surface area (Å²) in [6, 6.07) is 17.2. The molecule has 2 aromatic rings. The number of carbonyl (C=O) groups is 1. The number of hydrogen-bond acceptors (Lipinski definition) is 3. The van der Waals surface area contributed by atoms with Crippen LogP contribution in [0.3, 0.4) is 0 Å². The zero-order chi connectivity index (χ0) is 19.3. The monoisotopic (exact) mass is 381 g/mol. The standard InChI is InChI=1S/C23H28FN3O/c24-20-8-10-21(11-9-20)25-13-15-26(16-14-25)22-7-4-12-27(18-22)23(28)17-19-5-2-1-3-6-19/h1-3,5-6,8-11,22H,4,7,12-18H2/t22-/m1/s1. The summed E-state index contributed by atoms with van der Waals surface area (Å²) < 4.78 is 13.1. The van der Waals surface area contributed by atoms with Crippen LogP contribution in [0.25, 0.3) is 0 Å². The summed E-state index contributed by atoms with van der Waals surface area (Å²) in [6.07, 6.45) is 2.72. The van der Waals surface area contributed by atoms with E-state index in [0.717, 1.165) is 63.4 Å². The van der Waals surface area contributed by atoms with Crippen molar-refractivity contribution in [3.8, 4) is 0 Å². The highest BCUT2D eigenvalue weighted by Crippen LogP contribution is 2.22. The molecule has 2 aliphatic rings. The Labute approximate surface area is 166 Å². The number of amides is 1. The molecule has 4 rings (SSSR count). The number of nitrogens with zero attached hydrogens (tertiary/aromatic N) is 3. The van der Waals surface area contributed by atoms with Crippen LogP contribution in [-0.2, 0) is 11.2 Å². The maximum absolute atomic E-state index is 13.1. The van der Waals surface area contributed by atoms with Gasteiger partial charge >= 0.3 is 0 Å². The predicted molar refractivity (Wildman–Crippen MR) is 110 cm³/mol. The van der Waals surface area contributed by atoms with Crippen molar-refractivity contribution in [2.75, 3.05) is 44.2 Å². The van der Waals surface area contributed by atoms with Gasteiger partial charge in [-0.05, 0) is 42.7 Å². The molecule has 2 aliphatic heterocycles. The van der Waals surface area contributed by atoms with E-state index < -0.39 is 0 Å². The fourth-order valence-corrected chi connectivity index (χ4v) is 4.36. The van der Waals surface area contributed by atoms with Gasteiger partial charge in [-0.1, -0.05) is 30.3 Å². The van der Waals surface area contributed by atoms with Crippen molar-refractivity contribution in [1.82, 2.24) is 9.80 Å². The minimum atomic E-state index is -0.190. The lowest BCUT2D eigenvalue weighted by atomic mass is 10.0. The van der Waals surface area contributed by atoms with Crippen LogP contribution in [0.2, 0.25) is 0 Å². The summed E-state index contributed by atoms with van der Waals surface area (Å²) in [5.74, 6) is 0.0469. The molecule has 0 N–H and O–H groups in total. The number of likely N-dealkylation sites (tertiary alicyclic amines) is 1. The van der Waals surface area contributed by atoms with Crippen LogP contribution in [0.5, 0.6) is 0 Å². The van der Waals surface area contributed by atoms with E-state index in [1.807, 2.05) is 47.4 Å². The second-order valence-corrected chi connectivity index (χ2v) is 7.80. The van der Waals surface area contributed by atoms with E-state index in [4.69, 9.17) is 0 Å². The Morgan fingerprint density at radius 2 is 1.64 bits per heavy atom. The van der Waals surface area contributed by atoms with Gasteiger partial charge in [0.2, 0.25) is 5.91 Å². The topological polar surface area (TPSA) is 26.8 Å². The zero-order valence-corrected chi connectivity index (χ0v) is 16.3. The van der Waals surface area contributed by atoms with Gasteiger partial charge in [0.1, 0.15) is 5.82 Å². The summed E-state index contributed by atoms with van der Waals surface area (Å²) in [6.45, 7) is 5.58. The largest absolute Gasteiger partial charge is 0.369 e. The lowest BCUT2D eigenvalue weighted by molar-refractivity contribution is -0.132. The molecular formula is C23H28FN3O. The van der Waals surface area contributed by atoms with E-state index in [1.165, 1.54) is 12.1 Å². The van der Waals surface area contributed by atoms with Crippen LogP contribution < -0.4 is 4.90 Å². The van der Waals surface area contributed by atoms with Crippen LogP contribution in [-0.4, -0.2) is 61.0 Å². The first-order chi connectivity index (χ1) is 13.7. The average Bonchev–Trinajstić information content (AvgIpc) is 2.75. The van der Waals surface area contributed by atoms with Gasteiger partial charge in [-0.2, -0.15) is 0 Å². The Morgan fingerprint density at radius 3 is 2.36 bits per heavy atom. The molecule has 5 heteroatoms. The van der Waals surface area contributed by atoms with E-state index in [-0.39, 0.29) is 11.7 Å². The zero-order valence-electron chi connectivity index (χ0n) is 16.3. The lowest BCUT2D eigenvalue weighted by Gasteiger charge is -2.44. The fourth-order valence-electron chi connectivity index (χ4n) is 4.36. The third-order valence-corrected chi connectivity index (χ3v) is 5.97. The maximum Gasteiger partial charge on any atom is 0.227 e. The molecule has 0 aromatic heterocycles. The number of piperidine rings is 1. The summed E-state index contributed by atoms with van der Waals surface area (Å²) in [5, 5.41) is 0. The molecule has 1 amide bonds. The molecule has 1 atom stereocenters. The van der Waals surface area contributed by atoms with E-state index in [2.05, 4.69) is 9.80 Å². The van der Waals surface area contributed by atoms with E-state index in [9.17, 15) is 9.18 Å². The molecule has 0 aliphatic carbocycles. The number of hydrogen-bond donors (Lipinski definition) is 0. The third kappa shape index (κ3) is 4.53. The highest BCUT2D eigenvalue weighted by Gasteiger charge is 2.30. The van der Waals surface area contributed by atoms with Gasteiger partial charge in [-0.3, -0.25) is 9.69 Å². The summed E-state index contributed by atoms with van der Waals surface area (Å²) in [5.41, 5.74) is 2.17. The normalized spacial score (nSPS) is 21.0. The first-order valence-electron chi connectivity index (χ1n) is 10.3. The van der Waals surface area contributed by atoms with Crippen molar-refractivity contribution in [1.29, 1.82) is 0 Å². The van der Waals surface area contributed by atoms with Gasteiger partial charge < -0.3 is 9.80 Å². The minimum absolute atomic E-state index is 0.190. The summed E-state index contributed by atoms with van der Waals surface area (Å²) in [7, 11) is 0. The molecule has 2 saturated heterocycles. The van der Waals surface area contributed by atoms with Crippen LogP contribution in [0.15, 0.2) is 54.6 Å². The summed E-state index contributed by atoms with van der Waals surface area (Å²) in [4.78, 5) is 19.6. The number of piperazine rings is 1. The van der Waals surface area contributed by atoms with Crippen molar-refractivity contribution in [3.63, 3.8) is 0 Å². The molecule has 2 fully saturated rings. The minimum Gasteiger partial charge on any atom is -0.369 e. The van der Waals surface area contributed by atoms with Crippen LogP contribution in [0.1, 0.15) is 18.4 Å². The number of benzene rings is 2. The molecule has 0 radical (unpaired) electrons. The van der Waals surface area contributed by atoms with Gasteiger partial charge in [0, 0.05) is 51.0 Å². The highest BCUT2D eigenvalue weighted by atomic mass is 19.1. The van der Waals surface area contributed by atoms with Gasteiger partial charge in [0.15, 0.2) is 0 Å². The van der Waals surface area contributed by atoms with Crippen molar-refractivity contribution in [2.45, 2.75) is 25.3 Å². The number of anilines is 1. The van der Waals surface area contributed by atoms with Gasteiger partial charge in [0.05, 0.1) is 6.42 Å². The molecule has 0 spiro atoms. The van der Waals surface area contributed by atoms with E-state index in [1.54, 1.807) is 0 Å². The van der Waals surface area contributed by atoms with Gasteiger partial charge in [-0.15, -0.1) is 0 Å². The lowest BCUT2D eigenvalue weighted by Crippen LogP contribution is -2.56. The summed E-state index contributed by atoms with van der Waals surface area (Å²) >= 11 is 0. The molecule has 0 bridgehead atoms. The smallest absolute Gasteiger partial charge is 0.227 e. The van der Waals surface area contributed by atoms with E-state index >= 15 is 0 Å². The highest BCUT2D eigenvalue weighted by molar-refractivity contribution is 5.78. The van der Waals surface area contributed by atoms with Crippen LogP contribution in [0, 0.1) is 5.82 Å². The molecular weight excluding hydrogens is 353 g/mol. The third-order valence-electron chi connectivity index (χ3n) is 5.97. The number of carbonyl (C=O) groups excluding carboxylic acids is 1. The SMILES string of the molecule is O=C(Cc1ccccc1)N1CCC[C@@H](N2CCN(c3ccc(F)cc3)CC2)C1. The Bertz CT molecular complexity index is 772. The molecule has 2 heterocycles. The van der Waals surface area contributed by atoms with Gasteiger partial charge in [-0.25, -0.2) is 4.39 Å². The number of halogens is 1. The number of rotatable bonds is 4. The molecule has 0 unspecified atom stereocenters. The molecule has 2 aromatic carbocycles. The van der Waals surface area contributed by atoms with E-state index in [0.29, 0.717) is 12.5 Å². The first kappa shape index (κ1) is 18.9. The van der Waals surface area contributed by atoms with Crippen molar-refractivity contribution < 1.29 is 9.18 Å².